The van der Waals surface area contributed by atoms with Gasteiger partial charge in [-0.05, 0) is 32.7 Å². The fourth-order valence-corrected chi connectivity index (χ4v) is 1.93. The Bertz CT molecular complexity index is 141. The lowest BCUT2D eigenvalue weighted by atomic mass is 10.2. The second kappa shape index (κ2) is 5.58. The van der Waals surface area contributed by atoms with Crippen LogP contribution >= 0.6 is 0 Å². The number of hydrogen-bond acceptors (Lipinski definition) is 3. The van der Waals surface area contributed by atoms with Crippen LogP contribution in [0.15, 0.2) is 0 Å². The molecule has 3 nitrogen and oxygen atoms in total. The van der Waals surface area contributed by atoms with Crippen molar-refractivity contribution in [3.63, 3.8) is 0 Å². The third kappa shape index (κ3) is 3.63. The highest BCUT2D eigenvalue weighted by atomic mass is 16.5. The molecule has 0 aromatic carbocycles. The van der Waals surface area contributed by atoms with Crippen molar-refractivity contribution in [2.24, 2.45) is 5.73 Å². The van der Waals surface area contributed by atoms with E-state index in [0.717, 1.165) is 25.6 Å². The van der Waals surface area contributed by atoms with Gasteiger partial charge in [-0.2, -0.15) is 0 Å². The third-order valence-electron chi connectivity index (χ3n) is 2.85. The van der Waals surface area contributed by atoms with Crippen molar-refractivity contribution in [3.8, 4) is 0 Å². The van der Waals surface area contributed by atoms with E-state index >= 15 is 0 Å². The van der Waals surface area contributed by atoms with Gasteiger partial charge in [0.2, 0.25) is 0 Å². The molecule has 78 valence electrons. The molecule has 1 aliphatic rings. The summed E-state index contributed by atoms with van der Waals surface area (Å²) < 4.78 is 5.01. The molecule has 1 aliphatic heterocycles. The van der Waals surface area contributed by atoms with Crippen molar-refractivity contribution < 1.29 is 4.74 Å². The highest BCUT2D eigenvalue weighted by Gasteiger charge is 2.21. The quantitative estimate of drug-likeness (QED) is 0.691. The van der Waals surface area contributed by atoms with Crippen LogP contribution < -0.4 is 5.73 Å². The molecule has 0 radical (unpaired) electrons. The van der Waals surface area contributed by atoms with Gasteiger partial charge in [0, 0.05) is 32.3 Å². The van der Waals surface area contributed by atoms with Crippen LogP contribution in [0.3, 0.4) is 0 Å². The molecule has 1 heterocycles. The first kappa shape index (κ1) is 11.0. The fourth-order valence-electron chi connectivity index (χ4n) is 1.93. The second-order valence-corrected chi connectivity index (χ2v) is 4.03. The summed E-state index contributed by atoms with van der Waals surface area (Å²) in [7, 11) is 1.73. The van der Waals surface area contributed by atoms with E-state index < -0.39 is 0 Å². The van der Waals surface area contributed by atoms with Crippen LogP contribution in [0.25, 0.3) is 0 Å². The van der Waals surface area contributed by atoms with Gasteiger partial charge in [0.05, 0.1) is 0 Å². The Morgan fingerprint density at radius 3 is 2.92 bits per heavy atom. The Kier molecular flexibility index (Phi) is 4.70. The summed E-state index contributed by atoms with van der Waals surface area (Å²) in [6.45, 7) is 5.33. The van der Waals surface area contributed by atoms with Crippen molar-refractivity contribution >= 4 is 0 Å². The number of likely N-dealkylation sites (tertiary alicyclic amines) is 1. The molecule has 0 aromatic rings. The van der Waals surface area contributed by atoms with E-state index in [0.29, 0.717) is 0 Å². The number of nitrogens with two attached hydrogens (primary N) is 1. The zero-order valence-electron chi connectivity index (χ0n) is 8.83. The standard InChI is InChI=1S/C10H22N2O/c1-9-4-3-6-12(9)8-10(11)5-7-13-2/h9-10H,3-8,11H2,1-2H3. The zero-order chi connectivity index (χ0) is 9.68. The molecule has 1 saturated heterocycles. The van der Waals surface area contributed by atoms with Crippen molar-refractivity contribution in [3.05, 3.63) is 0 Å². The van der Waals surface area contributed by atoms with Crippen LogP contribution in [0.5, 0.6) is 0 Å². The largest absolute Gasteiger partial charge is 0.385 e. The van der Waals surface area contributed by atoms with Gasteiger partial charge in [0.15, 0.2) is 0 Å². The van der Waals surface area contributed by atoms with Gasteiger partial charge in [0.25, 0.3) is 0 Å². The summed E-state index contributed by atoms with van der Waals surface area (Å²) in [6, 6.07) is 1.01. The highest BCUT2D eigenvalue weighted by molar-refractivity contribution is 4.78. The molecule has 1 fully saturated rings. The van der Waals surface area contributed by atoms with Gasteiger partial charge in [-0.15, -0.1) is 0 Å². The molecule has 0 aliphatic carbocycles. The summed E-state index contributed by atoms with van der Waals surface area (Å²) in [6.07, 6.45) is 3.63. The van der Waals surface area contributed by atoms with Crippen LogP contribution in [-0.4, -0.2) is 43.8 Å². The molecular formula is C10H22N2O. The Hall–Kier alpha value is -0.120. The summed E-state index contributed by atoms with van der Waals surface area (Å²) in [4.78, 5) is 2.49. The van der Waals surface area contributed by atoms with Crippen LogP contribution in [0.4, 0.5) is 0 Å². The van der Waals surface area contributed by atoms with E-state index in [1.807, 2.05) is 0 Å². The number of methoxy groups -OCH3 is 1. The predicted octanol–water partition coefficient (Wildman–Crippen LogP) is 0.834. The lowest BCUT2D eigenvalue weighted by Gasteiger charge is -2.24. The molecule has 0 amide bonds. The van der Waals surface area contributed by atoms with Gasteiger partial charge >= 0.3 is 0 Å². The van der Waals surface area contributed by atoms with Crippen molar-refractivity contribution in [1.82, 2.24) is 4.90 Å². The van der Waals surface area contributed by atoms with E-state index in [2.05, 4.69) is 11.8 Å². The first-order chi connectivity index (χ1) is 6.24. The Morgan fingerprint density at radius 2 is 2.38 bits per heavy atom. The highest BCUT2D eigenvalue weighted by Crippen LogP contribution is 2.16. The molecule has 13 heavy (non-hydrogen) atoms. The molecule has 0 bridgehead atoms. The van der Waals surface area contributed by atoms with Gasteiger partial charge in [0.1, 0.15) is 0 Å². The molecule has 2 unspecified atom stereocenters. The number of nitrogens with zero attached hydrogens (tertiary/aromatic N) is 1. The van der Waals surface area contributed by atoms with Gasteiger partial charge in [-0.25, -0.2) is 0 Å². The average Bonchev–Trinajstić information content (AvgIpc) is 2.48. The topological polar surface area (TPSA) is 38.5 Å². The minimum Gasteiger partial charge on any atom is -0.385 e. The maximum absolute atomic E-state index is 5.98. The molecule has 0 saturated carbocycles. The number of hydrogen-bond donors (Lipinski definition) is 1. The minimum atomic E-state index is 0.278. The molecule has 2 atom stereocenters. The first-order valence-electron chi connectivity index (χ1n) is 5.22. The van der Waals surface area contributed by atoms with E-state index in [-0.39, 0.29) is 6.04 Å². The van der Waals surface area contributed by atoms with Crippen molar-refractivity contribution in [2.75, 3.05) is 26.8 Å². The Morgan fingerprint density at radius 1 is 1.62 bits per heavy atom. The monoisotopic (exact) mass is 186 g/mol. The van der Waals surface area contributed by atoms with Gasteiger partial charge < -0.3 is 10.5 Å². The van der Waals surface area contributed by atoms with Crippen molar-refractivity contribution in [2.45, 2.75) is 38.3 Å². The lowest BCUT2D eigenvalue weighted by molar-refractivity contribution is 0.173. The fraction of sp³-hybridized carbons (Fsp3) is 1.00. The van der Waals surface area contributed by atoms with Crippen LogP contribution in [0, 0.1) is 0 Å². The minimum absolute atomic E-state index is 0.278. The molecule has 0 aromatic heterocycles. The smallest absolute Gasteiger partial charge is 0.0477 e. The average molecular weight is 186 g/mol. The Balaban J connectivity index is 2.15. The first-order valence-corrected chi connectivity index (χ1v) is 5.22. The van der Waals surface area contributed by atoms with Gasteiger partial charge in [-0.1, -0.05) is 0 Å². The molecular weight excluding hydrogens is 164 g/mol. The molecule has 2 N–H and O–H groups in total. The van der Waals surface area contributed by atoms with Crippen LogP contribution in [-0.2, 0) is 4.74 Å². The molecule has 3 heteroatoms. The van der Waals surface area contributed by atoms with Crippen LogP contribution in [0.1, 0.15) is 26.2 Å². The molecule has 1 rings (SSSR count). The van der Waals surface area contributed by atoms with E-state index in [9.17, 15) is 0 Å². The van der Waals surface area contributed by atoms with E-state index in [1.54, 1.807) is 7.11 Å². The number of ether oxygens (including phenoxy) is 1. The SMILES string of the molecule is COCCC(N)CN1CCCC1C. The lowest BCUT2D eigenvalue weighted by Crippen LogP contribution is -2.39. The van der Waals surface area contributed by atoms with E-state index in [4.69, 9.17) is 10.5 Å². The predicted molar refractivity (Wildman–Crippen MR) is 54.7 cm³/mol. The third-order valence-corrected chi connectivity index (χ3v) is 2.85. The maximum Gasteiger partial charge on any atom is 0.0477 e. The normalized spacial score (nSPS) is 26.5. The Labute approximate surface area is 81.2 Å². The number of rotatable bonds is 5. The second-order valence-electron chi connectivity index (χ2n) is 4.03. The molecule has 0 spiro atoms. The van der Waals surface area contributed by atoms with Crippen LogP contribution in [0.2, 0.25) is 0 Å². The summed E-state index contributed by atoms with van der Waals surface area (Å²) in [5, 5.41) is 0. The van der Waals surface area contributed by atoms with E-state index in [1.165, 1.54) is 19.4 Å². The van der Waals surface area contributed by atoms with Gasteiger partial charge in [-0.3, -0.25) is 4.90 Å². The summed E-state index contributed by atoms with van der Waals surface area (Å²) in [5.41, 5.74) is 5.98. The maximum atomic E-state index is 5.98. The summed E-state index contributed by atoms with van der Waals surface area (Å²) >= 11 is 0. The summed E-state index contributed by atoms with van der Waals surface area (Å²) in [5.74, 6) is 0. The van der Waals surface area contributed by atoms with Crippen molar-refractivity contribution in [1.29, 1.82) is 0 Å². The zero-order valence-corrected chi connectivity index (χ0v) is 8.83.